The minimum Gasteiger partial charge on any atom is -0.322 e. The van der Waals surface area contributed by atoms with Crippen molar-refractivity contribution in [2.45, 2.75) is 17.4 Å². The molecule has 0 aliphatic heterocycles. The molecule has 0 aliphatic rings. The van der Waals surface area contributed by atoms with Crippen LogP contribution in [-0.4, -0.2) is 20.4 Å². The van der Waals surface area contributed by atoms with Crippen molar-refractivity contribution in [2.75, 3.05) is 5.32 Å². The number of hydrogen-bond acceptors (Lipinski definition) is 3. The molecule has 5 nitrogen and oxygen atoms in total. The number of hydrogen-bond donors (Lipinski definition) is 2. The molecule has 0 radical (unpaired) electrons. The van der Waals surface area contributed by atoms with E-state index in [1.54, 1.807) is 30.3 Å². The van der Waals surface area contributed by atoms with Gasteiger partial charge in [-0.15, -0.1) is 0 Å². The molecule has 0 bridgehead atoms. The van der Waals surface area contributed by atoms with Gasteiger partial charge in [0.15, 0.2) is 0 Å². The highest BCUT2D eigenvalue weighted by atomic mass is 32.2. The van der Waals surface area contributed by atoms with Crippen LogP contribution < -0.4 is 10.0 Å². The highest BCUT2D eigenvalue weighted by molar-refractivity contribution is 7.89. The zero-order valence-electron chi connectivity index (χ0n) is 15.5. The summed E-state index contributed by atoms with van der Waals surface area (Å²) < 4.78 is 67.8. The molecule has 1 unspecified atom stereocenters. The van der Waals surface area contributed by atoms with E-state index in [1.807, 2.05) is 0 Å². The highest BCUT2D eigenvalue weighted by Crippen LogP contribution is 2.17. The highest BCUT2D eigenvalue weighted by Gasteiger charge is 2.27. The lowest BCUT2D eigenvalue weighted by Crippen LogP contribution is -2.45. The predicted molar refractivity (Wildman–Crippen MR) is 106 cm³/mol. The summed E-state index contributed by atoms with van der Waals surface area (Å²) in [4.78, 5) is 12.5. The number of carbonyl (C=O) groups is 1. The Hall–Kier alpha value is -3.17. The molecule has 0 fully saturated rings. The first-order valence-corrected chi connectivity index (χ1v) is 10.3. The number of nitrogens with one attached hydrogen (secondary N) is 2. The third-order valence-corrected chi connectivity index (χ3v) is 5.70. The predicted octanol–water partition coefficient (Wildman–Crippen LogP) is 3.63. The second-order valence-electron chi connectivity index (χ2n) is 6.43. The van der Waals surface area contributed by atoms with Gasteiger partial charge in [0.1, 0.15) is 23.5 Å². The SMILES string of the molecule is O=C(Nc1ccc(F)cc1F)C(Cc1ccccc1)NS(=O)(=O)c1ccc(F)cc1. The van der Waals surface area contributed by atoms with Crippen LogP contribution in [0.2, 0.25) is 0 Å². The lowest BCUT2D eigenvalue weighted by Gasteiger charge is -2.19. The van der Waals surface area contributed by atoms with Crippen LogP contribution in [0, 0.1) is 17.5 Å². The molecule has 0 saturated heterocycles. The molecule has 0 spiro atoms. The summed E-state index contributed by atoms with van der Waals surface area (Å²) in [7, 11) is -4.18. The van der Waals surface area contributed by atoms with E-state index in [2.05, 4.69) is 10.0 Å². The number of amides is 1. The molecule has 0 heterocycles. The van der Waals surface area contributed by atoms with Gasteiger partial charge < -0.3 is 5.32 Å². The monoisotopic (exact) mass is 434 g/mol. The van der Waals surface area contributed by atoms with Crippen molar-refractivity contribution in [1.82, 2.24) is 4.72 Å². The number of sulfonamides is 1. The largest absolute Gasteiger partial charge is 0.322 e. The fourth-order valence-electron chi connectivity index (χ4n) is 2.72. The summed E-state index contributed by atoms with van der Waals surface area (Å²) in [5.74, 6) is -3.26. The van der Waals surface area contributed by atoms with Gasteiger partial charge in [0.2, 0.25) is 15.9 Å². The number of rotatable bonds is 7. The third kappa shape index (κ3) is 5.46. The van der Waals surface area contributed by atoms with E-state index >= 15 is 0 Å². The molecule has 1 amide bonds. The second-order valence-corrected chi connectivity index (χ2v) is 8.14. The number of benzene rings is 3. The van der Waals surface area contributed by atoms with Gasteiger partial charge in [0, 0.05) is 6.07 Å². The molecule has 156 valence electrons. The maximum atomic E-state index is 13.9. The molecule has 0 saturated carbocycles. The molecular formula is C21H17F3N2O3S. The van der Waals surface area contributed by atoms with Crippen LogP contribution in [0.1, 0.15) is 5.56 Å². The molecule has 3 aromatic carbocycles. The fourth-order valence-corrected chi connectivity index (χ4v) is 3.91. The Morgan fingerprint density at radius 3 is 2.13 bits per heavy atom. The third-order valence-electron chi connectivity index (χ3n) is 4.21. The average Bonchev–Trinajstić information content (AvgIpc) is 2.70. The second kappa shape index (κ2) is 9.10. The van der Waals surface area contributed by atoms with Crippen LogP contribution >= 0.6 is 0 Å². The van der Waals surface area contributed by atoms with Crippen LogP contribution in [0.3, 0.4) is 0 Å². The molecule has 1 atom stereocenters. The topological polar surface area (TPSA) is 75.3 Å². The van der Waals surface area contributed by atoms with E-state index < -0.39 is 39.4 Å². The van der Waals surface area contributed by atoms with Crippen molar-refractivity contribution in [2.24, 2.45) is 0 Å². The summed E-state index contributed by atoms with van der Waals surface area (Å²) in [6.07, 6.45) is -0.0318. The van der Waals surface area contributed by atoms with Crippen molar-refractivity contribution in [1.29, 1.82) is 0 Å². The van der Waals surface area contributed by atoms with Crippen LogP contribution in [0.25, 0.3) is 0 Å². The van der Waals surface area contributed by atoms with Crippen LogP contribution in [-0.2, 0) is 21.2 Å². The van der Waals surface area contributed by atoms with E-state index in [1.165, 1.54) is 0 Å². The van der Waals surface area contributed by atoms with Crippen molar-refractivity contribution in [3.63, 3.8) is 0 Å². The first kappa shape index (κ1) is 21.5. The summed E-state index contributed by atoms with van der Waals surface area (Å²) in [5.41, 5.74) is 0.361. The van der Waals surface area contributed by atoms with Crippen molar-refractivity contribution >= 4 is 21.6 Å². The quantitative estimate of drug-likeness (QED) is 0.596. The maximum absolute atomic E-state index is 13.9. The maximum Gasteiger partial charge on any atom is 0.242 e. The molecule has 3 rings (SSSR count). The molecule has 3 aromatic rings. The molecule has 0 aromatic heterocycles. The van der Waals surface area contributed by atoms with E-state index in [4.69, 9.17) is 0 Å². The Kier molecular flexibility index (Phi) is 6.53. The summed E-state index contributed by atoms with van der Waals surface area (Å²) in [6.45, 7) is 0. The van der Waals surface area contributed by atoms with Crippen molar-refractivity contribution in [3.8, 4) is 0 Å². The Bertz CT molecular complexity index is 1140. The molecule has 9 heteroatoms. The smallest absolute Gasteiger partial charge is 0.242 e. The molecule has 0 aliphatic carbocycles. The van der Waals surface area contributed by atoms with Gasteiger partial charge in [-0.05, 0) is 48.4 Å². The van der Waals surface area contributed by atoms with Crippen LogP contribution in [0.4, 0.5) is 18.9 Å². The zero-order chi connectivity index (χ0) is 21.7. The molecule has 2 N–H and O–H groups in total. The van der Waals surface area contributed by atoms with E-state index in [0.29, 0.717) is 11.6 Å². The number of halogens is 3. The minimum atomic E-state index is -4.18. The van der Waals surface area contributed by atoms with Crippen LogP contribution in [0.15, 0.2) is 77.7 Å². The molecule has 30 heavy (non-hydrogen) atoms. The van der Waals surface area contributed by atoms with Gasteiger partial charge in [0.05, 0.1) is 10.6 Å². The molecular weight excluding hydrogens is 417 g/mol. The standard InChI is InChI=1S/C21H17F3N2O3S/c22-15-6-9-17(10-7-15)30(28,29)26-20(12-14-4-2-1-3-5-14)21(27)25-19-11-8-16(23)13-18(19)24/h1-11,13,20,26H,12H2,(H,25,27). The average molecular weight is 434 g/mol. The zero-order valence-corrected chi connectivity index (χ0v) is 16.3. The van der Waals surface area contributed by atoms with Gasteiger partial charge in [-0.25, -0.2) is 21.6 Å². The van der Waals surface area contributed by atoms with E-state index in [0.717, 1.165) is 36.4 Å². The number of carbonyl (C=O) groups excluding carboxylic acids is 1. The van der Waals surface area contributed by atoms with Crippen molar-refractivity contribution < 1.29 is 26.4 Å². The summed E-state index contributed by atoms with van der Waals surface area (Å²) >= 11 is 0. The van der Waals surface area contributed by atoms with Gasteiger partial charge in [0.25, 0.3) is 0 Å². The van der Waals surface area contributed by atoms with Gasteiger partial charge in [-0.3, -0.25) is 4.79 Å². The van der Waals surface area contributed by atoms with Crippen molar-refractivity contribution in [3.05, 3.63) is 95.8 Å². The minimum absolute atomic E-state index is 0.0318. The first-order valence-electron chi connectivity index (χ1n) is 8.82. The summed E-state index contributed by atoms with van der Waals surface area (Å²) in [6, 6.07) is 14.0. The lowest BCUT2D eigenvalue weighted by molar-refractivity contribution is -0.117. The van der Waals surface area contributed by atoms with E-state index in [9.17, 15) is 26.4 Å². The Balaban J connectivity index is 1.87. The van der Waals surface area contributed by atoms with E-state index in [-0.39, 0.29) is 17.0 Å². The van der Waals surface area contributed by atoms with Gasteiger partial charge >= 0.3 is 0 Å². The Morgan fingerprint density at radius 1 is 0.867 bits per heavy atom. The Labute approximate surface area is 171 Å². The van der Waals surface area contributed by atoms with Crippen LogP contribution in [0.5, 0.6) is 0 Å². The summed E-state index contributed by atoms with van der Waals surface area (Å²) in [5, 5.41) is 2.27. The first-order chi connectivity index (χ1) is 14.2. The van der Waals surface area contributed by atoms with Gasteiger partial charge in [-0.1, -0.05) is 30.3 Å². The fraction of sp³-hybridized carbons (Fsp3) is 0.0952. The number of anilines is 1. The lowest BCUT2D eigenvalue weighted by atomic mass is 10.1. The Morgan fingerprint density at radius 2 is 1.50 bits per heavy atom. The normalized spacial score (nSPS) is 12.4. The van der Waals surface area contributed by atoms with Gasteiger partial charge in [-0.2, -0.15) is 4.72 Å².